The van der Waals surface area contributed by atoms with E-state index >= 15 is 0 Å². The number of aryl methyl sites for hydroxylation is 1. The van der Waals surface area contributed by atoms with Crippen LogP contribution in [0.1, 0.15) is 17.5 Å². The van der Waals surface area contributed by atoms with E-state index in [2.05, 4.69) is 12.1 Å². The van der Waals surface area contributed by atoms with Crippen molar-refractivity contribution in [3.8, 4) is 0 Å². The molecule has 2 aromatic rings. The lowest BCUT2D eigenvalue weighted by atomic mass is 10.1. The molecule has 0 amide bonds. The number of hydrogen-bond acceptors (Lipinski definition) is 2. The molecular formula is C16H18FNO. The number of nitrogens with two attached hydrogens (primary N) is 1. The molecule has 0 spiro atoms. The van der Waals surface area contributed by atoms with Gasteiger partial charge in [-0.3, -0.25) is 0 Å². The Hall–Kier alpha value is -1.87. The molecule has 0 aromatic heterocycles. The van der Waals surface area contributed by atoms with Crippen LogP contribution in [0.2, 0.25) is 0 Å². The van der Waals surface area contributed by atoms with Crippen LogP contribution in [0, 0.1) is 5.82 Å². The Balaban J connectivity index is 1.69. The van der Waals surface area contributed by atoms with Gasteiger partial charge in [0.05, 0.1) is 6.61 Å². The summed E-state index contributed by atoms with van der Waals surface area (Å²) in [6, 6.07) is 14.9. The fourth-order valence-corrected chi connectivity index (χ4v) is 1.89. The first kappa shape index (κ1) is 13.6. The van der Waals surface area contributed by atoms with E-state index in [1.54, 1.807) is 12.1 Å². The standard InChI is InChI=1S/C16H18FNO/c17-16-11-15(18)9-8-14(16)12-19-10-4-7-13-5-2-1-3-6-13/h1-3,5-6,8-9,11H,4,7,10,12,18H2. The van der Waals surface area contributed by atoms with Gasteiger partial charge in [0.15, 0.2) is 0 Å². The van der Waals surface area contributed by atoms with Gasteiger partial charge < -0.3 is 10.5 Å². The van der Waals surface area contributed by atoms with Gasteiger partial charge in [-0.15, -0.1) is 0 Å². The fraction of sp³-hybridized carbons (Fsp3) is 0.250. The molecule has 100 valence electrons. The van der Waals surface area contributed by atoms with E-state index in [1.165, 1.54) is 11.6 Å². The molecule has 2 aromatic carbocycles. The van der Waals surface area contributed by atoms with Crippen LogP contribution in [0.15, 0.2) is 48.5 Å². The largest absolute Gasteiger partial charge is 0.399 e. The van der Waals surface area contributed by atoms with Crippen molar-refractivity contribution in [2.75, 3.05) is 12.3 Å². The highest BCUT2D eigenvalue weighted by atomic mass is 19.1. The molecule has 2 N–H and O–H groups in total. The summed E-state index contributed by atoms with van der Waals surface area (Å²) >= 11 is 0. The third kappa shape index (κ3) is 4.38. The molecule has 0 atom stereocenters. The lowest BCUT2D eigenvalue weighted by Crippen LogP contribution is -2.00. The van der Waals surface area contributed by atoms with Crippen molar-refractivity contribution >= 4 is 5.69 Å². The molecule has 0 saturated heterocycles. The quantitative estimate of drug-likeness (QED) is 0.636. The summed E-state index contributed by atoms with van der Waals surface area (Å²) < 4.78 is 18.9. The zero-order valence-electron chi connectivity index (χ0n) is 10.8. The Bertz CT molecular complexity index is 513. The lowest BCUT2D eigenvalue weighted by molar-refractivity contribution is 0.116. The molecule has 0 heterocycles. The zero-order valence-corrected chi connectivity index (χ0v) is 10.8. The zero-order chi connectivity index (χ0) is 13.5. The van der Waals surface area contributed by atoms with Gasteiger partial charge in [0.25, 0.3) is 0 Å². The van der Waals surface area contributed by atoms with Crippen molar-refractivity contribution < 1.29 is 9.13 Å². The summed E-state index contributed by atoms with van der Waals surface area (Å²) in [5.74, 6) is -0.303. The van der Waals surface area contributed by atoms with E-state index in [0.29, 0.717) is 24.5 Å². The van der Waals surface area contributed by atoms with Crippen LogP contribution < -0.4 is 5.73 Å². The average Bonchev–Trinajstić information content (AvgIpc) is 2.42. The van der Waals surface area contributed by atoms with E-state index in [1.807, 2.05) is 18.2 Å². The normalized spacial score (nSPS) is 10.6. The van der Waals surface area contributed by atoms with Crippen molar-refractivity contribution in [2.45, 2.75) is 19.4 Å². The Morgan fingerprint density at radius 2 is 1.84 bits per heavy atom. The summed E-state index contributed by atoms with van der Waals surface area (Å²) in [4.78, 5) is 0. The molecule has 0 aliphatic rings. The second-order valence-electron chi connectivity index (χ2n) is 4.49. The second kappa shape index (κ2) is 6.90. The van der Waals surface area contributed by atoms with Crippen molar-refractivity contribution in [2.24, 2.45) is 0 Å². The van der Waals surface area contributed by atoms with Crippen LogP contribution in [0.5, 0.6) is 0 Å². The van der Waals surface area contributed by atoms with Gasteiger partial charge in [-0.2, -0.15) is 0 Å². The Morgan fingerprint density at radius 1 is 1.05 bits per heavy atom. The van der Waals surface area contributed by atoms with E-state index < -0.39 is 0 Å². The smallest absolute Gasteiger partial charge is 0.130 e. The number of halogens is 1. The van der Waals surface area contributed by atoms with Gasteiger partial charge >= 0.3 is 0 Å². The molecule has 2 rings (SSSR count). The van der Waals surface area contributed by atoms with Gasteiger partial charge in [0.1, 0.15) is 5.82 Å². The monoisotopic (exact) mass is 259 g/mol. The molecule has 0 bridgehead atoms. The molecule has 0 saturated carbocycles. The third-order valence-electron chi connectivity index (χ3n) is 2.93. The van der Waals surface area contributed by atoms with E-state index in [9.17, 15) is 4.39 Å². The molecule has 0 aliphatic heterocycles. The van der Waals surface area contributed by atoms with Crippen LogP contribution in [0.25, 0.3) is 0 Å². The van der Waals surface area contributed by atoms with Crippen LogP contribution in [-0.4, -0.2) is 6.61 Å². The molecule has 0 aliphatic carbocycles. The molecule has 19 heavy (non-hydrogen) atoms. The van der Waals surface area contributed by atoms with Gasteiger partial charge in [-0.1, -0.05) is 36.4 Å². The number of rotatable bonds is 6. The summed E-state index contributed by atoms with van der Waals surface area (Å²) in [5, 5.41) is 0. The van der Waals surface area contributed by atoms with Gasteiger partial charge in [0, 0.05) is 17.9 Å². The highest BCUT2D eigenvalue weighted by molar-refractivity contribution is 5.40. The van der Waals surface area contributed by atoms with Crippen LogP contribution in [0.4, 0.5) is 10.1 Å². The van der Waals surface area contributed by atoms with Gasteiger partial charge in [0.2, 0.25) is 0 Å². The van der Waals surface area contributed by atoms with Crippen molar-refractivity contribution in [1.29, 1.82) is 0 Å². The fourth-order valence-electron chi connectivity index (χ4n) is 1.89. The number of ether oxygens (including phenoxy) is 1. The number of hydrogen-bond donors (Lipinski definition) is 1. The SMILES string of the molecule is Nc1ccc(COCCCc2ccccc2)c(F)c1. The predicted octanol–water partition coefficient (Wildman–Crippen LogP) is 3.56. The first-order valence-electron chi connectivity index (χ1n) is 6.41. The van der Waals surface area contributed by atoms with Gasteiger partial charge in [-0.25, -0.2) is 4.39 Å². The maximum atomic E-state index is 13.5. The summed E-state index contributed by atoms with van der Waals surface area (Å²) in [6.07, 6.45) is 1.91. The van der Waals surface area contributed by atoms with E-state index in [-0.39, 0.29) is 5.82 Å². The minimum Gasteiger partial charge on any atom is -0.399 e. The topological polar surface area (TPSA) is 35.2 Å². The first-order valence-corrected chi connectivity index (χ1v) is 6.41. The van der Waals surface area contributed by atoms with Crippen LogP contribution in [0.3, 0.4) is 0 Å². The minimum absolute atomic E-state index is 0.293. The van der Waals surface area contributed by atoms with Crippen molar-refractivity contribution in [3.05, 3.63) is 65.5 Å². The molecule has 0 unspecified atom stereocenters. The third-order valence-corrected chi connectivity index (χ3v) is 2.93. The minimum atomic E-state index is -0.303. The highest BCUT2D eigenvalue weighted by Crippen LogP contribution is 2.13. The summed E-state index contributed by atoms with van der Waals surface area (Å²) in [7, 11) is 0. The average molecular weight is 259 g/mol. The molecule has 3 heteroatoms. The lowest BCUT2D eigenvalue weighted by Gasteiger charge is -2.06. The second-order valence-corrected chi connectivity index (χ2v) is 4.49. The van der Waals surface area contributed by atoms with Crippen molar-refractivity contribution in [3.63, 3.8) is 0 Å². The number of nitrogen functional groups attached to an aromatic ring is 1. The Labute approximate surface area is 113 Å². The number of benzene rings is 2. The Morgan fingerprint density at radius 3 is 2.58 bits per heavy atom. The summed E-state index contributed by atoms with van der Waals surface area (Å²) in [5.41, 5.74) is 7.77. The summed E-state index contributed by atoms with van der Waals surface area (Å²) in [6.45, 7) is 0.916. The molecule has 0 fully saturated rings. The predicted molar refractivity (Wildman–Crippen MR) is 75.2 cm³/mol. The molecule has 0 radical (unpaired) electrons. The maximum Gasteiger partial charge on any atom is 0.130 e. The maximum absolute atomic E-state index is 13.5. The van der Waals surface area contributed by atoms with Crippen LogP contribution >= 0.6 is 0 Å². The highest BCUT2D eigenvalue weighted by Gasteiger charge is 2.02. The first-order chi connectivity index (χ1) is 9.25. The van der Waals surface area contributed by atoms with Gasteiger partial charge in [-0.05, 0) is 30.5 Å². The van der Waals surface area contributed by atoms with E-state index in [4.69, 9.17) is 10.5 Å². The molecular weight excluding hydrogens is 241 g/mol. The Kier molecular flexibility index (Phi) is 4.93. The van der Waals surface area contributed by atoms with E-state index in [0.717, 1.165) is 12.8 Å². The number of anilines is 1. The van der Waals surface area contributed by atoms with Crippen LogP contribution in [-0.2, 0) is 17.8 Å². The van der Waals surface area contributed by atoms with Crippen molar-refractivity contribution in [1.82, 2.24) is 0 Å². The molecule has 2 nitrogen and oxygen atoms in total.